The monoisotopic (exact) mass is 248 g/mol. The molecule has 0 bridgehead atoms. The number of nitrogens with zero attached hydrogens (tertiary/aromatic N) is 2. The van der Waals surface area contributed by atoms with Crippen LogP contribution >= 0.6 is 11.6 Å². The molecule has 0 radical (unpaired) electrons. The van der Waals surface area contributed by atoms with Crippen LogP contribution in [0.4, 0.5) is 0 Å². The van der Waals surface area contributed by atoms with E-state index < -0.39 is 0 Å². The van der Waals surface area contributed by atoms with Gasteiger partial charge in [0.1, 0.15) is 11.5 Å². The van der Waals surface area contributed by atoms with E-state index >= 15 is 0 Å². The van der Waals surface area contributed by atoms with Crippen LogP contribution < -0.4 is 4.74 Å². The Morgan fingerprint density at radius 2 is 2.00 bits per heavy atom. The van der Waals surface area contributed by atoms with Crippen LogP contribution in [0.25, 0.3) is 0 Å². The Morgan fingerprint density at radius 3 is 2.71 bits per heavy atom. The van der Waals surface area contributed by atoms with Gasteiger partial charge < -0.3 is 4.74 Å². The van der Waals surface area contributed by atoms with Crippen LogP contribution in [0.5, 0.6) is 5.88 Å². The number of ether oxygens (including phenoxy) is 1. The maximum Gasteiger partial charge on any atom is 0.218 e. The van der Waals surface area contributed by atoms with Gasteiger partial charge in [-0.05, 0) is 0 Å². The van der Waals surface area contributed by atoms with Gasteiger partial charge in [-0.25, -0.2) is 9.97 Å². The number of hydrogen-bond donors (Lipinski definition) is 0. The van der Waals surface area contributed by atoms with E-state index in [9.17, 15) is 4.79 Å². The highest BCUT2D eigenvalue weighted by Crippen LogP contribution is 2.11. The molecule has 0 spiro atoms. The second kappa shape index (κ2) is 5.41. The van der Waals surface area contributed by atoms with Crippen molar-refractivity contribution in [3.05, 3.63) is 53.4 Å². The first-order chi connectivity index (χ1) is 8.25. The van der Waals surface area contributed by atoms with Crippen molar-refractivity contribution in [1.29, 1.82) is 0 Å². The molecule has 0 saturated heterocycles. The highest BCUT2D eigenvalue weighted by molar-refractivity contribution is 6.29. The molecule has 0 unspecified atom stereocenters. The molecule has 0 atom stereocenters. The van der Waals surface area contributed by atoms with Crippen molar-refractivity contribution in [2.24, 2.45) is 0 Å². The summed E-state index contributed by atoms with van der Waals surface area (Å²) in [6, 6.07) is 10.4. The van der Waals surface area contributed by atoms with Gasteiger partial charge in [-0.3, -0.25) is 4.79 Å². The molecule has 2 rings (SSSR count). The molecule has 0 N–H and O–H groups in total. The average Bonchev–Trinajstić information content (AvgIpc) is 2.37. The third kappa shape index (κ3) is 3.26. The minimum absolute atomic E-state index is 0.0721. The number of carbonyl (C=O) groups excluding carboxylic acids is 1. The number of hydrogen-bond acceptors (Lipinski definition) is 4. The topological polar surface area (TPSA) is 52.1 Å². The fraction of sp³-hybridized carbons (Fsp3) is 0.0833. The average molecular weight is 249 g/mol. The van der Waals surface area contributed by atoms with Crippen LogP contribution in [-0.2, 0) is 0 Å². The zero-order valence-electron chi connectivity index (χ0n) is 8.84. The van der Waals surface area contributed by atoms with E-state index in [0.717, 1.165) is 0 Å². The second-order valence-corrected chi connectivity index (χ2v) is 3.64. The van der Waals surface area contributed by atoms with E-state index in [2.05, 4.69) is 9.97 Å². The van der Waals surface area contributed by atoms with Crippen LogP contribution in [-0.4, -0.2) is 22.4 Å². The lowest BCUT2D eigenvalue weighted by Crippen LogP contribution is -2.12. The standard InChI is InChI=1S/C12H9ClN2O2/c13-11-6-12(15-8-14-11)17-7-10(16)9-4-2-1-3-5-9/h1-6,8H,7H2. The largest absolute Gasteiger partial charge is 0.469 e. The van der Waals surface area contributed by atoms with Crippen LogP contribution in [0, 0.1) is 0 Å². The van der Waals surface area contributed by atoms with Gasteiger partial charge in [-0.2, -0.15) is 0 Å². The van der Waals surface area contributed by atoms with Gasteiger partial charge in [0.25, 0.3) is 0 Å². The Labute approximate surface area is 103 Å². The van der Waals surface area contributed by atoms with Crippen LogP contribution in [0.15, 0.2) is 42.7 Å². The lowest BCUT2D eigenvalue weighted by Gasteiger charge is -2.04. The minimum Gasteiger partial charge on any atom is -0.469 e. The van der Waals surface area contributed by atoms with Crippen molar-refractivity contribution >= 4 is 17.4 Å². The number of aromatic nitrogens is 2. The van der Waals surface area contributed by atoms with Crippen molar-refractivity contribution < 1.29 is 9.53 Å². The Kier molecular flexibility index (Phi) is 3.67. The van der Waals surface area contributed by atoms with Crippen molar-refractivity contribution in [2.45, 2.75) is 0 Å². The third-order valence-corrected chi connectivity index (χ3v) is 2.26. The molecule has 0 aliphatic carbocycles. The molecular weight excluding hydrogens is 240 g/mol. The maximum absolute atomic E-state index is 11.7. The minimum atomic E-state index is -0.111. The molecular formula is C12H9ClN2O2. The summed E-state index contributed by atoms with van der Waals surface area (Å²) in [5.41, 5.74) is 0.604. The van der Waals surface area contributed by atoms with Crippen molar-refractivity contribution in [1.82, 2.24) is 9.97 Å². The van der Waals surface area contributed by atoms with E-state index in [0.29, 0.717) is 5.56 Å². The number of carbonyl (C=O) groups is 1. The zero-order valence-corrected chi connectivity index (χ0v) is 9.59. The summed E-state index contributed by atoms with van der Waals surface area (Å²) >= 11 is 5.66. The van der Waals surface area contributed by atoms with Crippen LogP contribution in [0.2, 0.25) is 5.15 Å². The molecule has 4 nitrogen and oxygen atoms in total. The summed E-state index contributed by atoms with van der Waals surface area (Å²) in [5.74, 6) is 0.176. The summed E-state index contributed by atoms with van der Waals surface area (Å²) < 4.78 is 5.22. The van der Waals surface area contributed by atoms with Gasteiger partial charge in [-0.15, -0.1) is 0 Å². The zero-order chi connectivity index (χ0) is 12.1. The molecule has 5 heteroatoms. The molecule has 0 saturated carbocycles. The molecule has 0 aliphatic rings. The number of benzene rings is 1. The Morgan fingerprint density at radius 1 is 1.24 bits per heavy atom. The normalized spacial score (nSPS) is 9.94. The molecule has 1 aromatic carbocycles. The highest BCUT2D eigenvalue weighted by Gasteiger charge is 2.06. The highest BCUT2D eigenvalue weighted by atomic mass is 35.5. The Balaban J connectivity index is 1.97. The van der Waals surface area contributed by atoms with Gasteiger partial charge in [-0.1, -0.05) is 41.9 Å². The SMILES string of the molecule is O=C(COc1cc(Cl)ncn1)c1ccccc1. The molecule has 0 amide bonds. The van der Waals surface area contributed by atoms with Crippen LogP contribution in [0.1, 0.15) is 10.4 Å². The molecule has 0 aliphatic heterocycles. The third-order valence-electron chi connectivity index (χ3n) is 2.06. The van der Waals surface area contributed by atoms with Crippen molar-refractivity contribution in [3.63, 3.8) is 0 Å². The molecule has 0 fully saturated rings. The number of halogens is 1. The van der Waals surface area contributed by atoms with Gasteiger partial charge >= 0.3 is 0 Å². The number of Topliss-reactive ketones (excluding diaryl/α,β-unsaturated/α-hetero) is 1. The van der Waals surface area contributed by atoms with Crippen molar-refractivity contribution in [3.8, 4) is 5.88 Å². The van der Waals surface area contributed by atoms with Gasteiger partial charge in [0.05, 0.1) is 0 Å². The number of rotatable bonds is 4. The molecule has 17 heavy (non-hydrogen) atoms. The Bertz CT molecular complexity index is 517. The summed E-state index contributed by atoms with van der Waals surface area (Å²) in [5, 5.41) is 0.280. The first kappa shape index (κ1) is 11.5. The summed E-state index contributed by atoms with van der Waals surface area (Å²) in [4.78, 5) is 19.3. The molecule has 86 valence electrons. The van der Waals surface area contributed by atoms with Gasteiger partial charge in [0.15, 0.2) is 12.4 Å². The van der Waals surface area contributed by atoms with E-state index in [1.165, 1.54) is 12.4 Å². The number of ketones is 1. The summed E-state index contributed by atoms with van der Waals surface area (Å²) in [6.45, 7) is -0.0721. The summed E-state index contributed by atoms with van der Waals surface area (Å²) in [7, 11) is 0. The predicted octanol–water partition coefficient (Wildman–Crippen LogP) is 2.39. The molecule has 1 heterocycles. The predicted molar refractivity (Wildman–Crippen MR) is 63.3 cm³/mol. The van der Waals surface area contributed by atoms with E-state index in [-0.39, 0.29) is 23.4 Å². The van der Waals surface area contributed by atoms with Crippen molar-refractivity contribution in [2.75, 3.05) is 6.61 Å². The Hall–Kier alpha value is -1.94. The second-order valence-electron chi connectivity index (χ2n) is 3.26. The first-order valence-corrected chi connectivity index (χ1v) is 5.32. The smallest absolute Gasteiger partial charge is 0.218 e. The first-order valence-electron chi connectivity index (χ1n) is 4.94. The lowest BCUT2D eigenvalue weighted by atomic mass is 10.1. The van der Waals surface area contributed by atoms with Gasteiger partial charge in [0, 0.05) is 11.6 Å². The van der Waals surface area contributed by atoms with E-state index in [1.54, 1.807) is 24.3 Å². The lowest BCUT2D eigenvalue weighted by molar-refractivity contribution is 0.0918. The van der Waals surface area contributed by atoms with E-state index in [4.69, 9.17) is 16.3 Å². The fourth-order valence-electron chi connectivity index (χ4n) is 1.24. The van der Waals surface area contributed by atoms with E-state index in [1.807, 2.05) is 6.07 Å². The fourth-order valence-corrected chi connectivity index (χ4v) is 1.38. The van der Waals surface area contributed by atoms with Crippen LogP contribution in [0.3, 0.4) is 0 Å². The summed E-state index contributed by atoms with van der Waals surface area (Å²) in [6.07, 6.45) is 1.28. The molecule has 1 aromatic heterocycles. The van der Waals surface area contributed by atoms with Gasteiger partial charge in [0.2, 0.25) is 5.88 Å². The molecule has 2 aromatic rings. The quantitative estimate of drug-likeness (QED) is 0.616. The maximum atomic E-state index is 11.7.